The lowest BCUT2D eigenvalue weighted by Gasteiger charge is -2.06. The zero-order chi connectivity index (χ0) is 16.8. The Morgan fingerprint density at radius 1 is 1.35 bits per heavy atom. The van der Waals surface area contributed by atoms with E-state index in [0.29, 0.717) is 12.3 Å². The molecule has 1 aromatic heterocycles. The third-order valence-corrected chi connectivity index (χ3v) is 5.55. The molecule has 0 aliphatic heterocycles. The normalized spacial score (nSPS) is 11.0. The summed E-state index contributed by atoms with van der Waals surface area (Å²) in [4.78, 5) is 16.4. The van der Waals surface area contributed by atoms with E-state index in [-0.39, 0.29) is 5.91 Å². The number of nitrogens with zero attached hydrogens (tertiary/aromatic N) is 1. The summed E-state index contributed by atoms with van der Waals surface area (Å²) in [6.07, 6.45) is 0.368. The van der Waals surface area contributed by atoms with Gasteiger partial charge < -0.3 is 5.32 Å². The minimum Gasteiger partial charge on any atom is -0.356 e. The standard InChI is InChI=1S/C18H24N2OS2/c1-12(2)9-19-17(21)8-16-11-23-18(20-16)22-10-15-7-13(3)5-6-14(15)4/h5-7,11-12H,8-10H2,1-4H3,(H,19,21). The number of amides is 1. The Balaban J connectivity index is 1.87. The van der Waals surface area contributed by atoms with E-state index < -0.39 is 0 Å². The third-order valence-electron chi connectivity index (χ3n) is 3.44. The van der Waals surface area contributed by atoms with Crippen molar-refractivity contribution in [3.8, 4) is 0 Å². The fourth-order valence-electron chi connectivity index (χ4n) is 2.08. The maximum absolute atomic E-state index is 11.8. The molecule has 1 N–H and O–H groups in total. The van der Waals surface area contributed by atoms with Crippen molar-refractivity contribution >= 4 is 29.0 Å². The molecule has 2 aromatic rings. The first-order valence-corrected chi connectivity index (χ1v) is 9.70. The Kier molecular flexibility index (Phi) is 6.66. The molecular weight excluding hydrogens is 324 g/mol. The van der Waals surface area contributed by atoms with Crippen LogP contribution >= 0.6 is 23.1 Å². The number of rotatable bonds is 7. The van der Waals surface area contributed by atoms with Crippen LogP contribution in [0.15, 0.2) is 27.9 Å². The zero-order valence-corrected chi connectivity index (χ0v) is 15.8. The maximum Gasteiger partial charge on any atom is 0.226 e. The Bertz CT molecular complexity index is 665. The van der Waals surface area contributed by atoms with Crippen LogP contribution in [0.4, 0.5) is 0 Å². The third kappa shape index (κ3) is 5.99. The van der Waals surface area contributed by atoms with Gasteiger partial charge >= 0.3 is 0 Å². The lowest BCUT2D eigenvalue weighted by molar-refractivity contribution is -0.120. The Morgan fingerprint density at radius 3 is 2.87 bits per heavy atom. The van der Waals surface area contributed by atoms with E-state index in [4.69, 9.17) is 0 Å². The van der Waals surface area contributed by atoms with Gasteiger partial charge in [0.15, 0.2) is 0 Å². The molecule has 5 heteroatoms. The molecule has 0 fully saturated rings. The molecule has 0 spiro atoms. The van der Waals surface area contributed by atoms with Gasteiger partial charge in [0.25, 0.3) is 0 Å². The van der Waals surface area contributed by atoms with Crippen LogP contribution in [-0.2, 0) is 17.0 Å². The second-order valence-electron chi connectivity index (χ2n) is 6.20. The Labute approximate surface area is 146 Å². The van der Waals surface area contributed by atoms with Crippen molar-refractivity contribution in [1.82, 2.24) is 10.3 Å². The number of aryl methyl sites for hydroxylation is 2. The first-order chi connectivity index (χ1) is 10.9. The lowest BCUT2D eigenvalue weighted by atomic mass is 10.1. The molecule has 124 valence electrons. The van der Waals surface area contributed by atoms with Crippen LogP contribution in [0.3, 0.4) is 0 Å². The first-order valence-electron chi connectivity index (χ1n) is 7.84. The molecule has 23 heavy (non-hydrogen) atoms. The number of hydrogen-bond acceptors (Lipinski definition) is 4. The number of hydrogen-bond donors (Lipinski definition) is 1. The summed E-state index contributed by atoms with van der Waals surface area (Å²) >= 11 is 3.36. The topological polar surface area (TPSA) is 42.0 Å². The number of carbonyl (C=O) groups excluding carboxylic acids is 1. The van der Waals surface area contributed by atoms with Crippen molar-refractivity contribution in [2.45, 2.75) is 44.2 Å². The summed E-state index contributed by atoms with van der Waals surface area (Å²) in [6.45, 7) is 9.15. The molecular formula is C18H24N2OS2. The minimum atomic E-state index is 0.0510. The van der Waals surface area contributed by atoms with E-state index in [1.165, 1.54) is 16.7 Å². The number of carbonyl (C=O) groups is 1. The summed E-state index contributed by atoms with van der Waals surface area (Å²) in [5.74, 6) is 1.44. The maximum atomic E-state index is 11.8. The molecule has 3 nitrogen and oxygen atoms in total. The van der Waals surface area contributed by atoms with E-state index in [0.717, 1.165) is 22.3 Å². The van der Waals surface area contributed by atoms with Crippen LogP contribution in [0.5, 0.6) is 0 Å². The van der Waals surface area contributed by atoms with Gasteiger partial charge in [-0.05, 0) is 30.9 Å². The molecule has 0 aliphatic carbocycles. The van der Waals surface area contributed by atoms with Crippen molar-refractivity contribution in [3.05, 3.63) is 46.0 Å². The lowest BCUT2D eigenvalue weighted by Crippen LogP contribution is -2.28. The van der Waals surface area contributed by atoms with Crippen LogP contribution < -0.4 is 5.32 Å². The summed E-state index contributed by atoms with van der Waals surface area (Å²) in [5.41, 5.74) is 4.81. The average Bonchev–Trinajstić information content (AvgIpc) is 2.93. The van der Waals surface area contributed by atoms with Gasteiger partial charge in [-0.25, -0.2) is 4.98 Å². The summed E-state index contributed by atoms with van der Waals surface area (Å²) in [5, 5.41) is 4.92. The molecule has 0 radical (unpaired) electrons. The van der Waals surface area contributed by atoms with Crippen molar-refractivity contribution < 1.29 is 4.79 Å². The average molecular weight is 349 g/mol. The highest BCUT2D eigenvalue weighted by Crippen LogP contribution is 2.27. The van der Waals surface area contributed by atoms with Crippen molar-refractivity contribution in [3.63, 3.8) is 0 Å². The highest BCUT2D eigenvalue weighted by atomic mass is 32.2. The Morgan fingerprint density at radius 2 is 2.13 bits per heavy atom. The van der Waals surface area contributed by atoms with Gasteiger partial charge in [-0.1, -0.05) is 49.4 Å². The van der Waals surface area contributed by atoms with Gasteiger partial charge in [-0.3, -0.25) is 4.79 Å². The van der Waals surface area contributed by atoms with Crippen LogP contribution in [0.1, 0.15) is 36.2 Å². The molecule has 0 atom stereocenters. The largest absolute Gasteiger partial charge is 0.356 e. The van der Waals surface area contributed by atoms with E-state index in [2.05, 4.69) is 56.2 Å². The molecule has 0 saturated heterocycles. The summed E-state index contributed by atoms with van der Waals surface area (Å²) < 4.78 is 1.03. The van der Waals surface area contributed by atoms with Crippen LogP contribution in [-0.4, -0.2) is 17.4 Å². The van der Waals surface area contributed by atoms with E-state index in [1.54, 1.807) is 23.1 Å². The van der Waals surface area contributed by atoms with Gasteiger partial charge in [-0.15, -0.1) is 11.3 Å². The molecule has 1 aromatic carbocycles. The Hall–Kier alpha value is -1.33. The molecule has 0 saturated carbocycles. The molecule has 0 unspecified atom stereocenters. The molecule has 1 amide bonds. The van der Waals surface area contributed by atoms with E-state index in [1.807, 2.05) is 5.38 Å². The highest BCUT2D eigenvalue weighted by molar-refractivity contribution is 8.00. The van der Waals surface area contributed by atoms with Gasteiger partial charge in [0.1, 0.15) is 4.34 Å². The molecule has 0 aliphatic rings. The van der Waals surface area contributed by atoms with Gasteiger partial charge in [0, 0.05) is 17.7 Å². The van der Waals surface area contributed by atoms with Crippen LogP contribution in [0.2, 0.25) is 0 Å². The van der Waals surface area contributed by atoms with Gasteiger partial charge in [-0.2, -0.15) is 0 Å². The second-order valence-corrected chi connectivity index (χ2v) is 8.28. The van der Waals surface area contributed by atoms with Crippen molar-refractivity contribution in [1.29, 1.82) is 0 Å². The summed E-state index contributed by atoms with van der Waals surface area (Å²) in [7, 11) is 0. The van der Waals surface area contributed by atoms with Crippen LogP contribution in [0, 0.1) is 19.8 Å². The monoisotopic (exact) mass is 348 g/mol. The molecule has 2 rings (SSSR count). The number of thioether (sulfide) groups is 1. The molecule has 0 bridgehead atoms. The fraction of sp³-hybridized carbons (Fsp3) is 0.444. The summed E-state index contributed by atoms with van der Waals surface area (Å²) in [6, 6.07) is 6.54. The fourth-order valence-corrected chi connectivity index (χ4v) is 3.98. The zero-order valence-electron chi connectivity index (χ0n) is 14.2. The van der Waals surface area contributed by atoms with Crippen LogP contribution in [0.25, 0.3) is 0 Å². The highest BCUT2D eigenvalue weighted by Gasteiger charge is 2.09. The quantitative estimate of drug-likeness (QED) is 0.756. The number of benzene rings is 1. The number of aromatic nitrogens is 1. The van der Waals surface area contributed by atoms with E-state index in [9.17, 15) is 4.79 Å². The number of thiazole rings is 1. The van der Waals surface area contributed by atoms with E-state index >= 15 is 0 Å². The SMILES string of the molecule is Cc1ccc(C)c(CSc2nc(CC(=O)NCC(C)C)cs2)c1. The van der Waals surface area contributed by atoms with Crippen molar-refractivity contribution in [2.75, 3.05) is 6.54 Å². The predicted octanol–water partition coefficient (Wildman–Crippen LogP) is 4.37. The van der Waals surface area contributed by atoms with Crippen molar-refractivity contribution in [2.24, 2.45) is 5.92 Å². The van der Waals surface area contributed by atoms with Gasteiger partial charge in [0.2, 0.25) is 5.91 Å². The molecule has 1 heterocycles. The minimum absolute atomic E-state index is 0.0510. The predicted molar refractivity (Wildman–Crippen MR) is 99.1 cm³/mol. The number of nitrogens with one attached hydrogen (secondary N) is 1. The van der Waals surface area contributed by atoms with Gasteiger partial charge in [0.05, 0.1) is 12.1 Å². The smallest absolute Gasteiger partial charge is 0.226 e. The second kappa shape index (κ2) is 8.50. The first kappa shape index (κ1) is 18.0.